The van der Waals surface area contributed by atoms with Gasteiger partial charge in [0.2, 0.25) is 0 Å². The molecule has 4 aromatic rings. The van der Waals surface area contributed by atoms with Crippen molar-refractivity contribution >= 4 is 27.5 Å². The fourth-order valence-electron chi connectivity index (χ4n) is 8.21. The third kappa shape index (κ3) is 4.79. The quantitative estimate of drug-likeness (QED) is 0.219. The Hall–Kier alpha value is -4.26. The summed E-state index contributed by atoms with van der Waals surface area (Å²) in [4.78, 5) is 19.0. The number of fused-ring (bicyclic) bond motifs is 5. The molecule has 6 heterocycles. The minimum Gasteiger partial charge on any atom is -0.508 e. The summed E-state index contributed by atoms with van der Waals surface area (Å²) < 4.78 is 23.3. The molecule has 8 nitrogen and oxygen atoms in total. The van der Waals surface area contributed by atoms with E-state index in [9.17, 15) is 5.11 Å². The summed E-state index contributed by atoms with van der Waals surface area (Å²) in [5.41, 5.74) is 2.63. The minimum absolute atomic E-state index is 0.00471. The van der Waals surface area contributed by atoms with Crippen molar-refractivity contribution in [1.29, 1.82) is 0 Å². The van der Waals surface area contributed by atoms with Gasteiger partial charge in [0.15, 0.2) is 5.82 Å². The smallest absolute Gasteiger partial charge is 0.319 e. The summed E-state index contributed by atoms with van der Waals surface area (Å²) in [6.45, 7) is 6.21. The fourth-order valence-corrected chi connectivity index (χ4v) is 8.21. The van der Waals surface area contributed by atoms with Gasteiger partial charge >= 0.3 is 6.01 Å². The van der Waals surface area contributed by atoms with Crippen LogP contribution in [0.2, 0.25) is 0 Å². The number of nitrogens with zero attached hydrogens (tertiary/aromatic N) is 5. The molecule has 45 heavy (non-hydrogen) atoms. The molecule has 4 fully saturated rings. The highest BCUT2D eigenvalue weighted by atomic mass is 19.1. The van der Waals surface area contributed by atoms with Gasteiger partial charge < -0.3 is 20.1 Å². The Morgan fingerprint density at radius 1 is 1.22 bits per heavy atom. The maximum absolute atomic E-state index is 16.8. The highest BCUT2D eigenvalue weighted by Crippen LogP contribution is 2.43. The second-order valence-electron chi connectivity index (χ2n) is 13.1. The molecule has 4 saturated heterocycles. The van der Waals surface area contributed by atoms with Crippen molar-refractivity contribution in [1.82, 2.24) is 25.2 Å². The maximum atomic E-state index is 16.8. The lowest BCUT2D eigenvalue weighted by Crippen LogP contribution is -2.51. The number of benzene rings is 2. The van der Waals surface area contributed by atoms with Crippen LogP contribution < -0.4 is 15.0 Å². The summed E-state index contributed by atoms with van der Waals surface area (Å²) in [6.07, 6.45) is 16.3. The number of pyridine rings is 1. The molecule has 4 aliphatic rings. The molecule has 8 rings (SSSR count). The molecule has 2 N–H and O–H groups in total. The van der Waals surface area contributed by atoms with Crippen LogP contribution in [0.5, 0.6) is 11.8 Å². The first-order valence-electron chi connectivity index (χ1n) is 16.1. The number of aromatic nitrogens is 3. The van der Waals surface area contributed by atoms with E-state index in [4.69, 9.17) is 21.1 Å². The van der Waals surface area contributed by atoms with E-state index in [0.717, 1.165) is 64.7 Å². The highest BCUT2D eigenvalue weighted by molar-refractivity contribution is 6.02. The summed E-state index contributed by atoms with van der Waals surface area (Å²) in [6, 6.07) is 9.53. The summed E-state index contributed by atoms with van der Waals surface area (Å²) in [5, 5.41) is 16.2. The van der Waals surface area contributed by atoms with Gasteiger partial charge in [0.1, 0.15) is 29.4 Å². The first-order chi connectivity index (χ1) is 21.9. The van der Waals surface area contributed by atoms with Crippen LogP contribution in [-0.2, 0) is 0 Å². The number of terminal acetylenes is 1. The predicted molar refractivity (Wildman–Crippen MR) is 174 cm³/mol. The van der Waals surface area contributed by atoms with Crippen molar-refractivity contribution < 1.29 is 14.2 Å². The zero-order chi connectivity index (χ0) is 30.7. The second kappa shape index (κ2) is 11.0. The number of hydrogen-bond donors (Lipinski definition) is 2. The molecule has 0 spiro atoms. The molecule has 2 aromatic heterocycles. The number of aromatic hydroxyl groups is 1. The monoisotopic (exact) mass is 604 g/mol. The van der Waals surface area contributed by atoms with Gasteiger partial charge in [-0.3, -0.25) is 9.88 Å². The van der Waals surface area contributed by atoms with Crippen molar-refractivity contribution in [2.45, 2.75) is 63.1 Å². The number of ether oxygens (including phenoxy) is 1. The average molecular weight is 605 g/mol. The van der Waals surface area contributed by atoms with Crippen molar-refractivity contribution in [3.8, 4) is 35.4 Å². The van der Waals surface area contributed by atoms with Crippen molar-refractivity contribution in [3.63, 3.8) is 0 Å². The van der Waals surface area contributed by atoms with Gasteiger partial charge in [0, 0.05) is 54.4 Å². The van der Waals surface area contributed by atoms with E-state index in [1.165, 1.54) is 11.6 Å². The third-order valence-corrected chi connectivity index (χ3v) is 10.2. The van der Waals surface area contributed by atoms with Crippen LogP contribution in [0.3, 0.4) is 0 Å². The Labute approximate surface area is 262 Å². The molecule has 4 aliphatic heterocycles. The molecule has 2 aromatic carbocycles. The third-order valence-electron chi connectivity index (χ3n) is 10.2. The van der Waals surface area contributed by atoms with Gasteiger partial charge in [-0.2, -0.15) is 9.97 Å². The molecule has 230 valence electrons. The van der Waals surface area contributed by atoms with Gasteiger partial charge in [-0.25, -0.2) is 4.39 Å². The largest absolute Gasteiger partial charge is 0.508 e. The van der Waals surface area contributed by atoms with Gasteiger partial charge in [-0.15, -0.1) is 6.42 Å². The van der Waals surface area contributed by atoms with Crippen LogP contribution in [0.1, 0.15) is 51.0 Å². The molecular formula is C36H37FN6O2. The number of phenols is 1. The molecule has 0 radical (unpaired) electrons. The van der Waals surface area contributed by atoms with E-state index < -0.39 is 5.82 Å². The number of phenolic OH excluding ortho intramolecular Hbond substituents is 1. The van der Waals surface area contributed by atoms with Crippen LogP contribution in [-0.4, -0.2) is 75.4 Å². The normalized spacial score (nSPS) is 25.4. The van der Waals surface area contributed by atoms with Crippen molar-refractivity contribution in [2.24, 2.45) is 0 Å². The number of halogens is 1. The molecule has 9 heteroatoms. The van der Waals surface area contributed by atoms with Gasteiger partial charge in [-0.1, -0.05) is 36.6 Å². The lowest BCUT2D eigenvalue weighted by atomic mass is 9.93. The Balaban J connectivity index is 1.25. The number of allylic oxidation sites excluding steroid dienone is 1. The number of rotatable bonds is 6. The van der Waals surface area contributed by atoms with Crippen LogP contribution in [0.4, 0.5) is 10.2 Å². The van der Waals surface area contributed by atoms with Gasteiger partial charge in [0.25, 0.3) is 0 Å². The molecule has 0 saturated carbocycles. The van der Waals surface area contributed by atoms with Crippen molar-refractivity contribution in [2.75, 3.05) is 37.7 Å². The summed E-state index contributed by atoms with van der Waals surface area (Å²) in [7, 11) is 0. The summed E-state index contributed by atoms with van der Waals surface area (Å²) in [5.74, 6) is 2.77. The van der Waals surface area contributed by atoms with Crippen LogP contribution >= 0.6 is 0 Å². The average Bonchev–Trinajstić information content (AvgIpc) is 3.70. The topological polar surface area (TPSA) is 86.6 Å². The SMILES string of the molecule is C#Cc1cccc2cc(O)cc(-c3ncc4c(N5C[C@H]6CC[C@@H](C5)N6)nc(OCC56CCCN5CC(=CCC)C6)nc4c3F)c12. The Bertz CT molecular complexity index is 1890. The number of anilines is 1. The van der Waals surface area contributed by atoms with E-state index in [2.05, 4.69) is 39.0 Å². The predicted octanol–water partition coefficient (Wildman–Crippen LogP) is 5.57. The zero-order valence-corrected chi connectivity index (χ0v) is 25.5. The van der Waals surface area contributed by atoms with Crippen LogP contribution in [0, 0.1) is 18.2 Å². The lowest BCUT2D eigenvalue weighted by molar-refractivity contribution is 0.108. The number of piperazine rings is 1. The van der Waals surface area contributed by atoms with E-state index in [0.29, 0.717) is 51.8 Å². The van der Waals surface area contributed by atoms with Gasteiger partial charge in [-0.05, 0) is 68.7 Å². The van der Waals surface area contributed by atoms with Crippen LogP contribution in [0.15, 0.2) is 48.2 Å². The molecule has 2 bridgehead atoms. The first-order valence-corrected chi connectivity index (χ1v) is 16.1. The van der Waals surface area contributed by atoms with E-state index in [-0.39, 0.29) is 28.5 Å². The molecule has 0 amide bonds. The molecule has 0 aliphatic carbocycles. The maximum Gasteiger partial charge on any atom is 0.319 e. The molecule has 1 unspecified atom stereocenters. The fraction of sp³-hybridized carbons (Fsp3) is 0.417. The van der Waals surface area contributed by atoms with Crippen molar-refractivity contribution in [3.05, 3.63) is 59.6 Å². The Morgan fingerprint density at radius 3 is 2.87 bits per heavy atom. The number of hydrogen-bond acceptors (Lipinski definition) is 8. The standard InChI is InChI=1S/C36H37FN6O2/c1-3-7-22-16-36(12-6-13-43(36)18-22)21-45-35-40-33-29(34(41-35)42-19-25-10-11-26(20-42)39-25)17-38-32(31(33)37)28-15-27(44)14-24-9-5-8-23(4-2)30(24)28/h2,5,7-9,14-15,17,25-26,39,44H,3,6,10-13,16,18-21H2,1H3/t25-,26+,36?. The zero-order valence-electron chi connectivity index (χ0n) is 25.5. The van der Waals surface area contributed by atoms with Gasteiger partial charge in [0.05, 0.1) is 10.9 Å². The minimum atomic E-state index is -0.590. The molecule has 3 atom stereocenters. The highest BCUT2D eigenvalue weighted by Gasteiger charge is 2.47. The van der Waals surface area contributed by atoms with E-state index in [1.54, 1.807) is 12.3 Å². The first kappa shape index (κ1) is 28.2. The molecular weight excluding hydrogens is 567 g/mol. The van der Waals surface area contributed by atoms with E-state index in [1.807, 2.05) is 18.2 Å². The lowest BCUT2D eigenvalue weighted by Gasteiger charge is -2.34. The van der Waals surface area contributed by atoms with Crippen LogP contribution in [0.25, 0.3) is 32.9 Å². The Kier molecular flexibility index (Phi) is 6.88. The van der Waals surface area contributed by atoms with E-state index >= 15 is 4.39 Å². The summed E-state index contributed by atoms with van der Waals surface area (Å²) >= 11 is 0. The number of nitrogens with one attached hydrogen (secondary N) is 1. The Morgan fingerprint density at radius 2 is 2.07 bits per heavy atom. The second-order valence-corrected chi connectivity index (χ2v) is 13.1.